The van der Waals surface area contributed by atoms with Crippen LogP contribution in [-0.2, 0) is 0 Å². The molecule has 1 N–H and O–H groups in total. The van der Waals surface area contributed by atoms with Crippen molar-refractivity contribution in [3.8, 4) is 0 Å². The van der Waals surface area contributed by atoms with Gasteiger partial charge in [-0.1, -0.05) is 20.8 Å². The van der Waals surface area contributed by atoms with E-state index in [2.05, 4.69) is 32.7 Å². The van der Waals surface area contributed by atoms with Crippen LogP contribution < -0.4 is 0 Å². The van der Waals surface area contributed by atoms with Crippen molar-refractivity contribution >= 4 is 11.5 Å². The summed E-state index contributed by atoms with van der Waals surface area (Å²) in [6.45, 7) is 8.62. The number of H-pyrrole nitrogens is 1. The molecule has 0 fully saturated rings. The van der Waals surface area contributed by atoms with Crippen LogP contribution in [-0.4, -0.2) is 40.2 Å². The highest BCUT2D eigenvalue weighted by molar-refractivity contribution is 5.96. The molecule has 0 aliphatic carbocycles. The first-order valence-electron chi connectivity index (χ1n) is 6.19. The Bertz CT molecular complexity index is 474. The number of likely N-dealkylation sites (N-methyl/N-ethyl adjacent to an activating group) is 1. The number of nitro groups is 1. The zero-order valence-electron chi connectivity index (χ0n) is 12.1. The third kappa shape index (κ3) is 3.89. The lowest BCUT2D eigenvalue weighted by molar-refractivity contribution is -0.384. The SMILES string of the molecule is CC(N(C)CC(=O)c1cc([N+](=O)[O-])c[nH]1)C(C)(C)C. The summed E-state index contributed by atoms with van der Waals surface area (Å²) in [7, 11) is 1.88. The summed E-state index contributed by atoms with van der Waals surface area (Å²) in [4.78, 5) is 26.7. The number of carbonyl (C=O) groups is 1. The van der Waals surface area contributed by atoms with E-state index in [1.807, 2.05) is 11.9 Å². The van der Waals surface area contributed by atoms with E-state index in [0.717, 1.165) is 0 Å². The molecule has 0 spiro atoms. The van der Waals surface area contributed by atoms with Crippen LogP contribution in [0.1, 0.15) is 38.2 Å². The number of ketones is 1. The van der Waals surface area contributed by atoms with Gasteiger partial charge in [-0.05, 0) is 19.4 Å². The maximum Gasteiger partial charge on any atom is 0.287 e. The molecule has 19 heavy (non-hydrogen) atoms. The fourth-order valence-corrected chi connectivity index (χ4v) is 1.76. The Balaban J connectivity index is 2.71. The van der Waals surface area contributed by atoms with Crippen LogP contribution >= 0.6 is 0 Å². The molecule has 0 aliphatic rings. The van der Waals surface area contributed by atoms with Gasteiger partial charge in [0.15, 0.2) is 5.78 Å². The Morgan fingerprint density at radius 1 is 1.53 bits per heavy atom. The molecule has 0 saturated carbocycles. The van der Waals surface area contributed by atoms with Crippen LogP contribution in [0, 0.1) is 15.5 Å². The molecule has 0 aromatic carbocycles. The van der Waals surface area contributed by atoms with Crippen molar-refractivity contribution in [1.29, 1.82) is 0 Å². The van der Waals surface area contributed by atoms with Gasteiger partial charge in [0.1, 0.15) is 0 Å². The van der Waals surface area contributed by atoms with E-state index in [1.165, 1.54) is 12.3 Å². The van der Waals surface area contributed by atoms with Gasteiger partial charge in [-0.25, -0.2) is 0 Å². The van der Waals surface area contributed by atoms with Crippen LogP contribution in [0.15, 0.2) is 12.3 Å². The highest BCUT2D eigenvalue weighted by Crippen LogP contribution is 2.23. The molecule has 0 saturated heterocycles. The van der Waals surface area contributed by atoms with Crippen molar-refractivity contribution in [2.45, 2.75) is 33.7 Å². The van der Waals surface area contributed by atoms with Crippen LogP contribution in [0.25, 0.3) is 0 Å². The molecule has 0 bridgehead atoms. The number of rotatable bonds is 5. The standard InChI is InChI=1S/C13H21N3O3/c1-9(13(2,3)4)15(5)8-12(17)11-6-10(7-14-11)16(18)19/h6-7,9,14H,8H2,1-5H3. The average molecular weight is 267 g/mol. The zero-order valence-corrected chi connectivity index (χ0v) is 12.1. The fourth-order valence-electron chi connectivity index (χ4n) is 1.76. The maximum atomic E-state index is 12.0. The lowest BCUT2D eigenvalue weighted by atomic mass is 9.87. The van der Waals surface area contributed by atoms with E-state index in [9.17, 15) is 14.9 Å². The minimum atomic E-state index is -0.519. The van der Waals surface area contributed by atoms with Crippen molar-refractivity contribution in [1.82, 2.24) is 9.88 Å². The zero-order chi connectivity index (χ0) is 14.8. The molecule has 1 aromatic rings. The number of hydrogen-bond donors (Lipinski definition) is 1. The van der Waals surface area contributed by atoms with E-state index >= 15 is 0 Å². The molecule has 0 amide bonds. The largest absolute Gasteiger partial charge is 0.353 e. The second kappa shape index (κ2) is 5.52. The molecular weight excluding hydrogens is 246 g/mol. The number of Topliss-reactive ketones (excluding diaryl/α,β-unsaturated/α-hetero) is 1. The first-order valence-corrected chi connectivity index (χ1v) is 6.19. The Morgan fingerprint density at radius 2 is 2.11 bits per heavy atom. The number of aromatic amines is 1. The third-order valence-electron chi connectivity index (χ3n) is 3.49. The van der Waals surface area contributed by atoms with Crippen LogP contribution in [0.3, 0.4) is 0 Å². The summed E-state index contributed by atoms with van der Waals surface area (Å²) in [6.07, 6.45) is 1.24. The molecule has 1 rings (SSSR count). The van der Waals surface area contributed by atoms with E-state index in [0.29, 0.717) is 0 Å². The molecule has 1 atom stereocenters. The van der Waals surface area contributed by atoms with E-state index < -0.39 is 4.92 Å². The minimum Gasteiger partial charge on any atom is -0.353 e. The third-order valence-corrected chi connectivity index (χ3v) is 3.49. The number of carbonyl (C=O) groups excluding carboxylic acids is 1. The van der Waals surface area contributed by atoms with Gasteiger partial charge in [0, 0.05) is 12.1 Å². The Labute approximate surface area is 112 Å². The van der Waals surface area contributed by atoms with Crippen molar-refractivity contribution in [3.05, 3.63) is 28.1 Å². The minimum absolute atomic E-state index is 0.0662. The molecule has 1 aromatic heterocycles. The summed E-state index contributed by atoms with van der Waals surface area (Å²) in [5, 5.41) is 10.6. The molecule has 0 radical (unpaired) electrons. The summed E-state index contributed by atoms with van der Waals surface area (Å²) >= 11 is 0. The number of aromatic nitrogens is 1. The Hall–Kier alpha value is -1.69. The predicted octanol–water partition coefficient (Wildman–Crippen LogP) is 2.47. The number of nitrogens with zero attached hydrogens (tertiary/aromatic N) is 2. The van der Waals surface area contributed by atoms with Crippen molar-refractivity contribution in [3.63, 3.8) is 0 Å². The smallest absolute Gasteiger partial charge is 0.287 e. The van der Waals surface area contributed by atoms with Crippen molar-refractivity contribution in [2.75, 3.05) is 13.6 Å². The van der Waals surface area contributed by atoms with E-state index in [-0.39, 0.29) is 35.2 Å². The summed E-state index contributed by atoms with van der Waals surface area (Å²) in [6, 6.07) is 1.50. The van der Waals surface area contributed by atoms with Crippen molar-refractivity contribution in [2.24, 2.45) is 5.41 Å². The highest BCUT2D eigenvalue weighted by Gasteiger charge is 2.26. The van der Waals surface area contributed by atoms with Gasteiger partial charge in [0.05, 0.1) is 23.4 Å². The normalized spacial score (nSPS) is 13.6. The quantitative estimate of drug-likeness (QED) is 0.505. The van der Waals surface area contributed by atoms with Crippen molar-refractivity contribution < 1.29 is 9.72 Å². The van der Waals surface area contributed by atoms with Gasteiger partial charge < -0.3 is 4.98 Å². The molecule has 6 nitrogen and oxygen atoms in total. The fraction of sp³-hybridized carbons (Fsp3) is 0.615. The lowest BCUT2D eigenvalue weighted by Crippen LogP contribution is -2.42. The summed E-state index contributed by atoms with van der Waals surface area (Å²) in [5.74, 6) is -0.147. The first-order chi connectivity index (χ1) is 8.62. The Kier molecular flexibility index (Phi) is 4.47. The Morgan fingerprint density at radius 3 is 2.53 bits per heavy atom. The average Bonchev–Trinajstić information content (AvgIpc) is 2.75. The summed E-state index contributed by atoms with van der Waals surface area (Å²) in [5.41, 5.74) is 0.256. The summed E-state index contributed by atoms with van der Waals surface area (Å²) < 4.78 is 0. The molecule has 1 heterocycles. The van der Waals surface area contributed by atoms with Gasteiger partial charge in [0.25, 0.3) is 5.69 Å². The number of nitrogens with one attached hydrogen (secondary N) is 1. The van der Waals surface area contributed by atoms with Gasteiger partial charge >= 0.3 is 0 Å². The molecule has 6 heteroatoms. The predicted molar refractivity (Wildman–Crippen MR) is 73.3 cm³/mol. The van der Waals surface area contributed by atoms with E-state index in [4.69, 9.17) is 0 Å². The van der Waals surface area contributed by atoms with Gasteiger partial charge in [0.2, 0.25) is 0 Å². The topological polar surface area (TPSA) is 79.2 Å². The van der Waals surface area contributed by atoms with Gasteiger partial charge in [-0.2, -0.15) is 0 Å². The number of hydrogen-bond acceptors (Lipinski definition) is 4. The maximum absolute atomic E-state index is 12.0. The molecular formula is C13H21N3O3. The van der Waals surface area contributed by atoms with E-state index in [1.54, 1.807) is 0 Å². The lowest BCUT2D eigenvalue weighted by Gasteiger charge is -2.34. The second-order valence-electron chi connectivity index (χ2n) is 5.91. The highest BCUT2D eigenvalue weighted by atomic mass is 16.6. The second-order valence-corrected chi connectivity index (χ2v) is 5.91. The van der Waals surface area contributed by atoms with Gasteiger partial charge in [-0.15, -0.1) is 0 Å². The molecule has 0 aliphatic heterocycles. The van der Waals surface area contributed by atoms with Crippen LogP contribution in [0.5, 0.6) is 0 Å². The monoisotopic (exact) mass is 267 g/mol. The van der Waals surface area contributed by atoms with Gasteiger partial charge in [-0.3, -0.25) is 19.8 Å². The van der Waals surface area contributed by atoms with Crippen LogP contribution in [0.2, 0.25) is 0 Å². The molecule has 1 unspecified atom stereocenters. The first kappa shape index (κ1) is 15.4. The van der Waals surface area contributed by atoms with Crippen LogP contribution in [0.4, 0.5) is 5.69 Å². The molecule has 106 valence electrons.